The van der Waals surface area contributed by atoms with E-state index in [2.05, 4.69) is 28.5 Å². The maximum atomic E-state index is 12.7. The number of methoxy groups -OCH3 is 1. The van der Waals surface area contributed by atoms with Crippen molar-refractivity contribution in [2.75, 3.05) is 7.11 Å². The molecule has 0 bridgehead atoms. The lowest BCUT2D eigenvalue weighted by Crippen LogP contribution is -2.35. The number of nitrogens with one attached hydrogen (secondary N) is 1. The second-order valence-corrected chi connectivity index (χ2v) is 9.01. The second kappa shape index (κ2) is 8.19. The lowest BCUT2D eigenvalue weighted by Gasteiger charge is -2.20. The number of hydrazone groups is 1. The topological polar surface area (TPSA) is 83.0 Å². The van der Waals surface area contributed by atoms with E-state index in [-0.39, 0.29) is 11.4 Å². The Morgan fingerprint density at radius 1 is 1.23 bits per heavy atom. The van der Waals surface area contributed by atoms with Gasteiger partial charge in [-0.25, -0.2) is 0 Å². The van der Waals surface area contributed by atoms with Gasteiger partial charge in [-0.1, -0.05) is 13.8 Å². The highest BCUT2D eigenvalue weighted by Crippen LogP contribution is 2.31. The summed E-state index contributed by atoms with van der Waals surface area (Å²) < 4.78 is 7.36. The van der Waals surface area contributed by atoms with E-state index < -0.39 is 5.91 Å². The van der Waals surface area contributed by atoms with Gasteiger partial charge in [0.15, 0.2) is 5.84 Å². The molecule has 8 heteroatoms. The van der Waals surface area contributed by atoms with Crippen LogP contribution in [0.2, 0.25) is 0 Å². The van der Waals surface area contributed by atoms with Crippen LogP contribution in [0.25, 0.3) is 11.8 Å². The lowest BCUT2D eigenvalue weighted by molar-refractivity contribution is -0.114. The molecule has 0 saturated carbocycles. The fraction of sp³-hybridized carbons (Fsp3) is 0.304. The molecule has 2 aliphatic rings. The fourth-order valence-corrected chi connectivity index (χ4v) is 4.78. The van der Waals surface area contributed by atoms with Gasteiger partial charge in [-0.3, -0.25) is 10.2 Å². The van der Waals surface area contributed by atoms with Crippen LogP contribution in [0.4, 0.5) is 0 Å². The summed E-state index contributed by atoms with van der Waals surface area (Å²) in [6, 6.07) is 9.83. The van der Waals surface area contributed by atoms with Crippen molar-refractivity contribution in [2.45, 2.75) is 34.1 Å². The Morgan fingerprint density at radius 2 is 1.94 bits per heavy atom. The lowest BCUT2D eigenvalue weighted by atomic mass is 10.1. The third-order valence-electron chi connectivity index (χ3n) is 5.18. The van der Waals surface area contributed by atoms with Gasteiger partial charge in [-0.05, 0) is 73.5 Å². The van der Waals surface area contributed by atoms with Crippen LogP contribution in [-0.2, 0) is 4.79 Å². The predicted octanol–water partition coefficient (Wildman–Crippen LogP) is 4.77. The number of ether oxygens (including phenoxy) is 1. The minimum atomic E-state index is -0.404. The zero-order valence-corrected chi connectivity index (χ0v) is 19.1. The van der Waals surface area contributed by atoms with Crippen LogP contribution in [0, 0.1) is 25.2 Å². The summed E-state index contributed by atoms with van der Waals surface area (Å²) in [5, 5.41) is 15.9. The number of aliphatic imine (C=N–C) groups is 1. The zero-order chi connectivity index (χ0) is 22.3. The van der Waals surface area contributed by atoms with Crippen LogP contribution in [0.5, 0.6) is 5.75 Å². The fourth-order valence-electron chi connectivity index (χ4n) is 3.68. The number of amides is 1. The number of nitrogens with zero attached hydrogens (tertiary/aromatic N) is 4. The molecule has 1 aromatic carbocycles. The molecular formula is C23H25N5O2S. The average Bonchev–Trinajstić information content (AvgIpc) is 3.24. The maximum Gasteiger partial charge on any atom is 0.283 e. The van der Waals surface area contributed by atoms with Gasteiger partial charge in [0.05, 0.1) is 12.7 Å². The second-order valence-electron chi connectivity index (χ2n) is 7.97. The van der Waals surface area contributed by atoms with E-state index in [0.717, 1.165) is 39.9 Å². The Labute approximate surface area is 186 Å². The Kier molecular flexibility index (Phi) is 5.58. The summed E-state index contributed by atoms with van der Waals surface area (Å²) in [5.41, 5.74) is 4.13. The molecule has 7 nitrogen and oxygen atoms in total. The molecule has 2 aliphatic heterocycles. The van der Waals surface area contributed by atoms with Crippen LogP contribution in [0.15, 0.2) is 46.0 Å². The number of rotatable bonds is 5. The van der Waals surface area contributed by atoms with E-state index in [1.54, 1.807) is 13.2 Å². The summed E-state index contributed by atoms with van der Waals surface area (Å²) in [4.78, 5) is 16.9. The highest BCUT2D eigenvalue weighted by molar-refractivity contribution is 8.26. The molecule has 1 aromatic heterocycles. The van der Waals surface area contributed by atoms with Gasteiger partial charge in [0.2, 0.25) is 5.17 Å². The van der Waals surface area contributed by atoms with Crippen molar-refractivity contribution < 1.29 is 9.53 Å². The molecule has 4 rings (SSSR count). The van der Waals surface area contributed by atoms with Crippen molar-refractivity contribution in [2.24, 2.45) is 16.0 Å². The molecule has 0 fully saturated rings. The van der Waals surface area contributed by atoms with Crippen molar-refractivity contribution >= 4 is 39.8 Å². The third-order valence-corrected chi connectivity index (χ3v) is 6.11. The van der Waals surface area contributed by atoms with E-state index in [9.17, 15) is 4.79 Å². The molecule has 1 N–H and O–H groups in total. The Balaban J connectivity index is 1.68. The number of hydrogen-bond donors (Lipinski definition) is 1. The first-order valence-corrected chi connectivity index (χ1v) is 10.9. The molecule has 0 unspecified atom stereocenters. The van der Waals surface area contributed by atoms with Crippen LogP contribution in [0.1, 0.15) is 37.2 Å². The Hall–Kier alpha value is -3.13. The predicted molar refractivity (Wildman–Crippen MR) is 126 cm³/mol. The van der Waals surface area contributed by atoms with Crippen molar-refractivity contribution in [3.05, 3.63) is 52.9 Å². The van der Waals surface area contributed by atoms with Crippen LogP contribution in [-0.4, -0.2) is 38.6 Å². The summed E-state index contributed by atoms with van der Waals surface area (Å²) in [6.45, 7) is 8.24. The minimum Gasteiger partial charge on any atom is -0.497 e. The highest BCUT2D eigenvalue weighted by atomic mass is 32.2. The highest BCUT2D eigenvalue weighted by Gasteiger charge is 2.35. The molecule has 31 heavy (non-hydrogen) atoms. The maximum absolute atomic E-state index is 12.7. The number of carbonyl (C=O) groups is 1. The number of amidine groups is 2. The first-order chi connectivity index (χ1) is 14.8. The van der Waals surface area contributed by atoms with E-state index in [4.69, 9.17) is 10.1 Å². The smallest absolute Gasteiger partial charge is 0.283 e. The molecule has 160 valence electrons. The van der Waals surface area contributed by atoms with Crippen molar-refractivity contribution in [1.29, 1.82) is 5.41 Å². The average molecular weight is 436 g/mol. The molecule has 0 atom stereocenters. The first-order valence-electron chi connectivity index (χ1n) is 10.1. The monoisotopic (exact) mass is 435 g/mol. The number of carbonyl (C=O) groups excluding carboxylic acids is 1. The number of aryl methyl sites for hydroxylation is 1. The van der Waals surface area contributed by atoms with Crippen LogP contribution < -0.4 is 4.74 Å². The van der Waals surface area contributed by atoms with Crippen LogP contribution >= 0.6 is 11.8 Å². The first kappa shape index (κ1) is 21.1. The molecule has 0 spiro atoms. The normalized spacial score (nSPS) is 17.4. The summed E-state index contributed by atoms with van der Waals surface area (Å²) >= 11 is 1.37. The van der Waals surface area contributed by atoms with Crippen molar-refractivity contribution in [1.82, 2.24) is 9.58 Å². The minimum absolute atomic E-state index is 0.0653. The molecular weight excluding hydrogens is 410 g/mol. The number of fused-ring (bicyclic) bond motifs is 1. The van der Waals surface area contributed by atoms with Crippen LogP contribution in [0.3, 0.4) is 0 Å². The Morgan fingerprint density at radius 3 is 2.58 bits per heavy atom. The number of hydrogen-bond acceptors (Lipinski definition) is 5. The van der Waals surface area contributed by atoms with E-state index in [0.29, 0.717) is 11.1 Å². The summed E-state index contributed by atoms with van der Waals surface area (Å²) in [7, 11) is 1.64. The van der Waals surface area contributed by atoms with E-state index in [1.165, 1.54) is 16.8 Å². The third kappa shape index (κ3) is 3.95. The molecule has 1 amide bonds. The Bertz CT molecular complexity index is 1160. The van der Waals surface area contributed by atoms with Gasteiger partial charge in [-0.15, -0.1) is 0 Å². The summed E-state index contributed by atoms with van der Waals surface area (Å²) in [5.74, 6) is 0.898. The zero-order valence-electron chi connectivity index (χ0n) is 18.3. The van der Waals surface area contributed by atoms with Gasteiger partial charge in [-0.2, -0.15) is 15.1 Å². The SMILES string of the molecule is COc1ccc(-n2c(C)cc(C=C3C(=N)N4N=C(CC(C)C)SC4=NC3=O)c2C)cc1. The van der Waals surface area contributed by atoms with Gasteiger partial charge in [0, 0.05) is 23.5 Å². The largest absolute Gasteiger partial charge is 0.497 e. The molecule has 0 saturated heterocycles. The molecule has 3 heterocycles. The van der Waals surface area contributed by atoms with E-state index >= 15 is 0 Å². The number of aromatic nitrogens is 1. The summed E-state index contributed by atoms with van der Waals surface area (Å²) in [6.07, 6.45) is 2.54. The van der Waals surface area contributed by atoms with Gasteiger partial charge in [0.1, 0.15) is 10.8 Å². The van der Waals surface area contributed by atoms with Crippen molar-refractivity contribution in [3.63, 3.8) is 0 Å². The number of benzene rings is 1. The van der Waals surface area contributed by atoms with E-state index in [1.807, 2.05) is 44.2 Å². The quantitative estimate of drug-likeness (QED) is 0.686. The standard InChI is InChI=1S/C23H25N5O2S/c1-13(2)10-20-26-28-21(24)19(22(29)25-23(28)31-20)12-16-11-14(3)27(15(16)4)17-6-8-18(30-5)9-7-17/h6-9,11-13,24H,10H2,1-5H3. The van der Waals surface area contributed by atoms with Crippen molar-refractivity contribution in [3.8, 4) is 11.4 Å². The molecule has 0 aliphatic carbocycles. The van der Waals surface area contributed by atoms with Gasteiger partial charge >= 0.3 is 0 Å². The molecule has 2 aromatic rings. The molecule has 0 radical (unpaired) electrons. The van der Waals surface area contributed by atoms with Gasteiger partial charge in [0.25, 0.3) is 5.91 Å². The number of thioether (sulfide) groups is 1. The van der Waals surface area contributed by atoms with Gasteiger partial charge < -0.3 is 9.30 Å².